The van der Waals surface area contributed by atoms with Crippen LogP contribution in [0.15, 0.2) is 12.0 Å². The van der Waals surface area contributed by atoms with E-state index in [0.29, 0.717) is 5.41 Å². The van der Waals surface area contributed by atoms with Crippen LogP contribution in [0.4, 0.5) is 0 Å². The molecule has 5 heteroatoms. The van der Waals surface area contributed by atoms with Crippen LogP contribution in [0, 0.1) is 0 Å². The van der Waals surface area contributed by atoms with Crippen molar-refractivity contribution >= 4 is 10.1 Å². The van der Waals surface area contributed by atoms with Gasteiger partial charge in [0.2, 0.25) is 0 Å². The molecule has 38 valence electrons. The van der Waals surface area contributed by atoms with Crippen LogP contribution in [-0.2, 0) is 10.1 Å². The summed E-state index contributed by atoms with van der Waals surface area (Å²) in [5.41, 5.74) is 0. The molecule has 0 atom stereocenters. The van der Waals surface area contributed by atoms with Crippen molar-refractivity contribution in [2.75, 3.05) is 0 Å². The van der Waals surface area contributed by atoms with Crippen molar-refractivity contribution in [1.82, 2.24) is 0 Å². The second-order valence-electron chi connectivity index (χ2n) is 0.682. The third-order valence-corrected chi connectivity index (χ3v) is 0.632. The average Bonchev–Trinajstić information content (AvgIpc) is 1.35. The van der Waals surface area contributed by atoms with Crippen molar-refractivity contribution in [3.8, 4) is 0 Å². The van der Waals surface area contributed by atoms with E-state index in [4.69, 9.17) is 4.55 Å². The smallest absolute Gasteiger partial charge is 1.00 e. The van der Waals surface area contributed by atoms with Crippen LogP contribution in [0.5, 0.6) is 0 Å². The molecule has 0 aliphatic rings. The van der Waals surface area contributed by atoms with E-state index in [1.54, 1.807) is 0 Å². The Hall–Kier alpha value is 1.29. The molecule has 1 N–H and O–H groups in total. The molecular weight excluding hydrogens is 143 g/mol. The van der Waals surface area contributed by atoms with Crippen LogP contribution >= 0.6 is 0 Å². The normalized spacial score (nSPS) is 9.29. The van der Waals surface area contributed by atoms with Crippen LogP contribution in [0.1, 0.15) is 1.43 Å². The van der Waals surface area contributed by atoms with E-state index in [1.807, 2.05) is 0 Å². The molecule has 0 heterocycles. The van der Waals surface area contributed by atoms with E-state index in [9.17, 15) is 8.42 Å². The number of hydrogen-bond acceptors (Lipinski definition) is 2. The molecule has 0 saturated carbocycles. The van der Waals surface area contributed by atoms with Gasteiger partial charge in [0.05, 0.1) is 5.41 Å². The predicted molar refractivity (Wildman–Crippen MR) is 22.9 cm³/mol. The van der Waals surface area contributed by atoms with Gasteiger partial charge in [-0.1, -0.05) is 6.58 Å². The van der Waals surface area contributed by atoms with Crippen LogP contribution in [0.25, 0.3) is 0 Å². The summed E-state index contributed by atoms with van der Waals surface area (Å²) in [6, 6.07) is 0. The van der Waals surface area contributed by atoms with Crippen molar-refractivity contribution in [1.29, 1.82) is 0 Å². The van der Waals surface area contributed by atoms with Gasteiger partial charge in [0.15, 0.2) is 0 Å². The molecule has 0 aromatic rings. The van der Waals surface area contributed by atoms with E-state index < -0.39 is 10.1 Å². The Morgan fingerprint density at radius 1 is 1.71 bits per heavy atom. The zero-order valence-corrected chi connectivity index (χ0v) is 7.90. The van der Waals surface area contributed by atoms with Crippen molar-refractivity contribution in [3.05, 3.63) is 12.0 Å². The van der Waals surface area contributed by atoms with Gasteiger partial charge in [0.25, 0.3) is 10.1 Å². The fourth-order valence-corrected chi connectivity index (χ4v) is 0. The molecule has 0 saturated heterocycles. The molecular formula is C2H5KO3S. The molecule has 0 bridgehead atoms. The molecule has 0 amide bonds. The van der Waals surface area contributed by atoms with Gasteiger partial charge in [-0.25, -0.2) is 0 Å². The Kier molecular flexibility index (Phi) is 6.67. The summed E-state index contributed by atoms with van der Waals surface area (Å²) < 4.78 is 26.6. The zero-order chi connectivity index (χ0) is 5.21. The molecule has 3 nitrogen and oxygen atoms in total. The first-order chi connectivity index (χ1) is 2.56. The van der Waals surface area contributed by atoms with Crippen molar-refractivity contribution in [3.63, 3.8) is 0 Å². The first-order valence-electron chi connectivity index (χ1n) is 1.16. The third-order valence-electron chi connectivity index (χ3n) is 0.211. The van der Waals surface area contributed by atoms with Crippen molar-refractivity contribution < 1.29 is 65.8 Å². The molecule has 0 rings (SSSR count). The van der Waals surface area contributed by atoms with Gasteiger partial charge in [-0.15, -0.1) is 0 Å². The van der Waals surface area contributed by atoms with Crippen LogP contribution in [-0.4, -0.2) is 13.0 Å². The second kappa shape index (κ2) is 4.19. The molecule has 0 aromatic carbocycles. The van der Waals surface area contributed by atoms with Gasteiger partial charge in [-0.05, 0) is 0 Å². The summed E-state index contributed by atoms with van der Waals surface area (Å²) in [7, 11) is -3.90. The molecule has 0 aromatic heterocycles. The fraction of sp³-hybridized carbons (Fsp3) is 0. The SMILES string of the molecule is C=CS(=O)(=O)O.[H-].[K+]. The van der Waals surface area contributed by atoms with E-state index in [-0.39, 0.29) is 52.8 Å². The van der Waals surface area contributed by atoms with Gasteiger partial charge < -0.3 is 1.43 Å². The van der Waals surface area contributed by atoms with E-state index >= 15 is 0 Å². The summed E-state index contributed by atoms with van der Waals surface area (Å²) in [5.74, 6) is 0. The summed E-state index contributed by atoms with van der Waals surface area (Å²) in [5, 5.41) is 0.465. The van der Waals surface area contributed by atoms with Gasteiger partial charge in [-0.3, -0.25) is 4.55 Å². The Morgan fingerprint density at radius 3 is 1.86 bits per heavy atom. The summed E-state index contributed by atoms with van der Waals surface area (Å²) >= 11 is 0. The first-order valence-corrected chi connectivity index (χ1v) is 2.66. The second-order valence-corrected chi connectivity index (χ2v) is 2.04. The van der Waals surface area contributed by atoms with Crippen LogP contribution < -0.4 is 51.4 Å². The molecule has 7 heavy (non-hydrogen) atoms. The van der Waals surface area contributed by atoms with E-state index in [2.05, 4.69) is 6.58 Å². The standard InChI is InChI=1S/C2H4O3S.K.H/c1-2-6(3,4)5;;/h2H,1H2,(H,3,4,5);;/q;+1;-1. The van der Waals surface area contributed by atoms with Crippen molar-refractivity contribution in [2.24, 2.45) is 0 Å². The van der Waals surface area contributed by atoms with Gasteiger partial charge in [0, 0.05) is 0 Å². The Labute approximate surface area is 86.5 Å². The maximum absolute atomic E-state index is 9.44. The monoisotopic (exact) mass is 148 g/mol. The number of rotatable bonds is 1. The zero-order valence-electron chi connectivity index (χ0n) is 4.96. The molecule has 0 aliphatic carbocycles. The van der Waals surface area contributed by atoms with Crippen molar-refractivity contribution in [2.45, 2.75) is 0 Å². The molecule has 0 aliphatic heterocycles. The molecule has 0 spiro atoms. The minimum Gasteiger partial charge on any atom is -1.00 e. The topological polar surface area (TPSA) is 54.4 Å². The minimum atomic E-state index is -3.90. The Bertz CT molecular complexity index is 128. The van der Waals surface area contributed by atoms with Gasteiger partial charge >= 0.3 is 51.4 Å². The van der Waals surface area contributed by atoms with Crippen LogP contribution in [0.3, 0.4) is 0 Å². The molecule has 0 unspecified atom stereocenters. The summed E-state index contributed by atoms with van der Waals surface area (Å²) in [6.45, 7) is 2.79. The van der Waals surface area contributed by atoms with Gasteiger partial charge in [0.1, 0.15) is 0 Å². The fourth-order valence-electron chi connectivity index (χ4n) is 0. The summed E-state index contributed by atoms with van der Waals surface area (Å²) in [4.78, 5) is 0. The Morgan fingerprint density at radius 2 is 1.86 bits per heavy atom. The Balaban J connectivity index is -0.000000125. The summed E-state index contributed by atoms with van der Waals surface area (Å²) in [6.07, 6.45) is 0. The number of hydrogen-bond donors (Lipinski definition) is 1. The van der Waals surface area contributed by atoms with Crippen LogP contribution in [0.2, 0.25) is 0 Å². The molecule has 0 fully saturated rings. The maximum atomic E-state index is 9.44. The van der Waals surface area contributed by atoms with E-state index in [1.165, 1.54) is 0 Å². The third kappa shape index (κ3) is 11.1. The largest absolute Gasteiger partial charge is 1.00 e. The molecule has 0 radical (unpaired) electrons. The first kappa shape index (κ1) is 11.1. The minimum absolute atomic E-state index is 0. The van der Waals surface area contributed by atoms with Gasteiger partial charge in [-0.2, -0.15) is 8.42 Å². The quantitative estimate of drug-likeness (QED) is 0.321. The average molecular weight is 148 g/mol. The van der Waals surface area contributed by atoms with E-state index in [0.717, 1.165) is 0 Å². The predicted octanol–water partition coefficient (Wildman–Crippen LogP) is -2.87. The maximum Gasteiger partial charge on any atom is 1.00 e.